The molecule has 3 nitrogen and oxygen atoms in total. The maximum Gasteiger partial charge on any atom is 0.0727 e. The van der Waals surface area contributed by atoms with Crippen molar-refractivity contribution >= 4 is 0 Å². The molecule has 0 bridgehead atoms. The minimum Gasteiger partial charge on any atom is -0.389 e. The maximum absolute atomic E-state index is 10.3. The molecule has 3 heteroatoms. The molecule has 0 amide bonds. The van der Waals surface area contributed by atoms with E-state index in [2.05, 4.69) is 32.1 Å². The van der Waals surface area contributed by atoms with E-state index in [1.807, 2.05) is 21.1 Å². The number of methoxy groups -OCH3 is 2. The van der Waals surface area contributed by atoms with Gasteiger partial charge < -0.3 is 14.6 Å². The molecule has 26 heavy (non-hydrogen) atoms. The van der Waals surface area contributed by atoms with E-state index in [9.17, 15) is 5.11 Å². The standard InChI is InChI=1S/C23H34O3/c1-14(24)18-8-9-19-17-7-6-15-12-16(25-4)13-21(26-5)23(15,3)20(17)10-11-22(18,19)2/h6-8,14,16,19-21,24H,9-13H2,1-5H3. The van der Waals surface area contributed by atoms with Gasteiger partial charge in [0.15, 0.2) is 0 Å². The molecule has 0 radical (unpaired) electrons. The average Bonchev–Trinajstić information content (AvgIpc) is 2.98. The molecule has 0 saturated heterocycles. The predicted molar refractivity (Wildman–Crippen MR) is 104 cm³/mol. The van der Waals surface area contributed by atoms with Gasteiger partial charge in [-0.3, -0.25) is 0 Å². The van der Waals surface area contributed by atoms with Crippen LogP contribution in [0.25, 0.3) is 0 Å². The zero-order valence-corrected chi connectivity index (χ0v) is 16.9. The summed E-state index contributed by atoms with van der Waals surface area (Å²) in [5.74, 6) is 1.07. The van der Waals surface area contributed by atoms with Crippen LogP contribution >= 0.6 is 0 Å². The van der Waals surface area contributed by atoms with E-state index in [0.29, 0.717) is 11.8 Å². The highest BCUT2D eigenvalue weighted by atomic mass is 16.5. The van der Waals surface area contributed by atoms with Gasteiger partial charge in [0.2, 0.25) is 0 Å². The second-order valence-electron chi connectivity index (χ2n) is 9.30. The SMILES string of the molecule is COC1CC2=CC=C3C4CC=C(C(C)O)C4(C)CCC3C2(C)C(OC)C1. The number of allylic oxidation sites excluding steroid dienone is 4. The summed E-state index contributed by atoms with van der Waals surface area (Å²) in [5, 5.41) is 10.3. The van der Waals surface area contributed by atoms with Crippen LogP contribution in [0.2, 0.25) is 0 Å². The fourth-order valence-corrected chi connectivity index (χ4v) is 6.79. The van der Waals surface area contributed by atoms with E-state index < -0.39 is 0 Å². The van der Waals surface area contributed by atoms with Crippen LogP contribution < -0.4 is 0 Å². The molecule has 7 unspecified atom stereocenters. The molecule has 7 atom stereocenters. The fourth-order valence-electron chi connectivity index (χ4n) is 6.79. The van der Waals surface area contributed by atoms with Crippen molar-refractivity contribution in [1.82, 2.24) is 0 Å². The van der Waals surface area contributed by atoms with Crippen molar-refractivity contribution in [3.05, 3.63) is 34.9 Å². The van der Waals surface area contributed by atoms with Gasteiger partial charge in [-0.15, -0.1) is 0 Å². The van der Waals surface area contributed by atoms with E-state index in [0.717, 1.165) is 25.7 Å². The lowest BCUT2D eigenvalue weighted by Crippen LogP contribution is -2.53. The van der Waals surface area contributed by atoms with Gasteiger partial charge >= 0.3 is 0 Å². The third kappa shape index (κ3) is 2.36. The van der Waals surface area contributed by atoms with E-state index in [1.54, 1.807) is 5.57 Å². The van der Waals surface area contributed by atoms with Crippen molar-refractivity contribution in [3.8, 4) is 0 Å². The third-order valence-electron chi connectivity index (χ3n) is 8.31. The second-order valence-corrected chi connectivity index (χ2v) is 9.30. The summed E-state index contributed by atoms with van der Waals surface area (Å²) in [6.07, 6.45) is 12.6. The summed E-state index contributed by atoms with van der Waals surface area (Å²) in [5.41, 5.74) is 4.54. The van der Waals surface area contributed by atoms with Gasteiger partial charge in [-0.25, -0.2) is 0 Å². The van der Waals surface area contributed by atoms with E-state index >= 15 is 0 Å². The van der Waals surface area contributed by atoms with Crippen LogP contribution in [0.3, 0.4) is 0 Å². The summed E-state index contributed by atoms with van der Waals surface area (Å²) in [4.78, 5) is 0. The van der Waals surface area contributed by atoms with E-state index in [1.165, 1.54) is 17.6 Å². The van der Waals surface area contributed by atoms with Gasteiger partial charge in [-0.1, -0.05) is 43.2 Å². The van der Waals surface area contributed by atoms with Gasteiger partial charge in [0, 0.05) is 26.1 Å². The van der Waals surface area contributed by atoms with Crippen LogP contribution in [-0.2, 0) is 9.47 Å². The van der Waals surface area contributed by atoms with Crippen molar-refractivity contribution in [1.29, 1.82) is 0 Å². The molecule has 0 aliphatic heterocycles. The number of fused-ring (bicyclic) bond motifs is 5. The molecular formula is C23H34O3. The highest BCUT2D eigenvalue weighted by Crippen LogP contribution is 2.64. The molecule has 144 valence electrons. The maximum atomic E-state index is 10.3. The molecule has 2 saturated carbocycles. The van der Waals surface area contributed by atoms with Gasteiger partial charge in [0.25, 0.3) is 0 Å². The number of ether oxygens (including phenoxy) is 2. The third-order valence-corrected chi connectivity index (χ3v) is 8.31. The second kappa shape index (κ2) is 6.32. The van der Waals surface area contributed by atoms with Crippen LogP contribution in [0.1, 0.15) is 52.9 Å². The number of aliphatic hydroxyl groups excluding tert-OH is 1. The Balaban J connectivity index is 1.73. The Hall–Kier alpha value is -0.900. The minimum atomic E-state index is -0.337. The van der Waals surface area contributed by atoms with Crippen LogP contribution in [0.15, 0.2) is 34.9 Å². The Kier molecular flexibility index (Phi) is 4.49. The van der Waals surface area contributed by atoms with Crippen LogP contribution in [0.5, 0.6) is 0 Å². The minimum absolute atomic E-state index is 0.0722. The van der Waals surface area contributed by atoms with Crippen molar-refractivity contribution < 1.29 is 14.6 Å². The zero-order chi connectivity index (χ0) is 18.7. The average molecular weight is 359 g/mol. The topological polar surface area (TPSA) is 38.7 Å². The molecule has 0 aromatic rings. The number of rotatable bonds is 3. The molecule has 4 rings (SSSR count). The van der Waals surface area contributed by atoms with Crippen molar-refractivity contribution in [2.75, 3.05) is 14.2 Å². The summed E-state index contributed by atoms with van der Waals surface area (Å²) in [6.45, 7) is 6.72. The molecule has 4 aliphatic carbocycles. The molecule has 4 aliphatic rings. The molecular weight excluding hydrogens is 324 g/mol. The van der Waals surface area contributed by atoms with Crippen LogP contribution in [-0.4, -0.2) is 37.6 Å². The van der Waals surface area contributed by atoms with Crippen LogP contribution in [0, 0.1) is 22.7 Å². The quantitative estimate of drug-likeness (QED) is 0.759. The fraction of sp³-hybridized carbons (Fsp3) is 0.739. The van der Waals surface area contributed by atoms with Gasteiger partial charge in [0.05, 0.1) is 18.3 Å². The summed E-state index contributed by atoms with van der Waals surface area (Å²) < 4.78 is 11.7. The normalized spacial score (nSPS) is 45.7. The van der Waals surface area contributed by atoms with E-state index in [4.69, 9.17) is 9.47 Å². The predicted octanol–water partition coefficient (Wildman–Crippen LogP) is 4.43. The molecule has 2 fully saturated rings. The first-order valence-electron chi connectivity index (χ1n) is 10.2. The first-order chi connectivity index (χ1) is 12.4. The number of hydrogen-bond donors (Lipinski definition) is 1. The lowest BCUT2D eigenvalue weighted by molar-refractivity contribution is -0.0798. The smallest absolute Gasteiger partial charge is 0.0727 e. The Labute approximate surface area is 158 Å². The summed E-state index contributed by atoms with van der Waals surface area (Å²) in [7, 11) is 3.68. The number of hydrogen-bond acceptors (Lipinski definition) is 3. The monoisotopic (exact) mass is 358 g/mol. The van der Waals surface area contributed by atoms with Gasteiger partial charge in [-0.05, 0) is 55.4 Å². The molecule has 0 spiro atoms. The highest BCUT2D eigenvalue weighted by molar-refractivity contribution is 5.43. The molecule has 0 aromatic carbocycles. The summed E-state index contributed by atoms with van der Waals surface area (Å²) >= 11 is 0. The molecule has 0 aromatic heterocycles. The van der Waals surface area contributed by atoms with Crippen molar-refractivity contribution in [2.45, 2.75) is 71.2 Å². The van der Waals surface area contributed by atoms with Crippen molar-refractivity contribution in [3.63, 3.8) is 0 Å². The van der Waals surface area contributed by atoms with Gasteiger partial charge in [0.1, 0.15) is 0 Å². The van der Waals surface area contributed by atoms with Crippen LogP contribution in [0.4, 0.5) is 0 Å². The Bertz CT molecular complexity index is 673. The molecule has 0 heterocycles. The van der Waals surface area contributed by atoms with Gasteiger partial charge in [-0.2, -0.15) is 0 Å². The van der Waals surface area contributed by atoms with E-state index in [-0.39, 0.29) is 29.1 Å². The Morgan fingerprint density at radius 3 is 2.58 bits per heavy atom. The van der Waals surface area contributed by atoms with Crippen molar-refractivity contribution in [2.24, 2.45) is 22.7 Å². The molecule has 1 N–H and O–H groups in total. The summed E-state index contributed by atoms with van der Waals surface area (Å²) in [6, 6.07) is 0. The zero-order valence-electron chi connectivity index (χ0n) is 16.9. The number of aliphatic hydroxyl groups is 1. The Morgan fingerprint density at radius 1 is 1.15 bits per heavy atom. The largest absolute Gasteiger partial charge is 0.389 e. The first kappa shape index (κ1) is 18.5. The lowest BCUT2D eigenvalue weighted by Gasteiger charge is -2.57. The lowest BCUT2D eigenvalue weighted by atomic mass is 9.49. The highest BCUT2D eigenvalue weighted by Gasteiger charge is 2.57. The Morgan fingerprint density at radius 2 is 1.92 bits per heavy atom. The first-order valence-corrected chi connectivity index (χ1v) is 10.2.